The minimum atomic E-state index is 0.744. The monoisotopic (exact) mass is 243 g/mol. The van der Waals surface area contributed by atoms with Gasteiger partial charge in [0.15, 0.2) is 0 Å². The molecule has 0 atom stereocenters. The number of nitrogens with zero attached hydrogens (tertiary/aromatic N) is 2. The molecule has 0 saturated carbocycles. The molecule has 0 unspecified atom stereocenters. The minimum Gasteiger partial charge on any atom is -0.493 e. The van der Waals surface area contributed by atoms with E-state index in [-0.39, 0.29) is 0 Å². The summed E-state index contributed by atoms with van der Waals surface area (Å²) < 4.78 is 7.54. The molecule has 0 saturated heterocycles. The van der Waals surface area contributed by atoms with Gasteiger partial charge < -0.3 is 15.0 Å². The zero-order valence-electron chi connectivity index (χ0n) is 10.7. The molecule has 4 heteroatoms. The van der Waals surface area contributed by atoms with Gasteiger partial charge in [0, 0.05) is 18.5 Å². The van der Waals surface area contributed by atoms with Gasteiger partial charge in [-0.25, -0.2) is 4.98 Å². The number of aryl methyl sites for hydroxylation is 1. The Hall–Kier alpha value is -1.97. The smallest absolute Gasteiger partial charge is 0.131 e. The normalized spacial score (nSPS) is 13.4. The van der Waals surface area contributed by atoms with E-state index in [0.29, 0.717) is 0 Å². The maximum absolute atomic E-state index is 6.16. The summed E-state index contributed by atoms with van der Waals surface area (Å²) in [6.07, 6.45) is 0.969. The molecule has 2 aromatic rings. The summed E-state index contributed by atoms with van der Waals surface area (Å²) >= 11 is 0. The van der Waals surface area contributed by atoms with Crippen molar-refractivity contribution in [1.82, 2.24) is 9.55 Å². The van der Waals surface area contributed by atoms with Crippen LogP contribution in [0.2, 0.25) is 0 Å². The van der Waals surface area contributed by atoms with Crippen molar-refractivity contribution in [1.29, 1.82) is 0 Å². The lowest BCUT2D eigenvalue weighted by molar-refractivity contribution is 0.357. The first kappa shape index (κ1) is 11.1. The summed E-state index contributed by atoms with van der Waals surface area (Å²) in [6, 6.07) is 6.18. The number of fused-ring (bicyclic) bond motifs is 1. The number of aromatic nitrogens is 2. The Kier molecular flexibility index (Phi) is 2.51. The summed E-state index contributed by atoms with van der Waals surface area (Å²) in [5, 5.41) is 0. The third-order valence-corrected chi connectivity index (χ3v) is 3.48. The van der Waals surface area contributed by atoms with Crippen molar-refractivity contribution < 1.29 is 4.74 Å². The van der Waals surface area contributed by atoms with E-state index in [9.17, 15) is 0 Å². The number of nitrogens with two attached hydrogens (primary N) is 1. The van der Waals surface area contributed by atoms with Crippen LogP contribution < -0.4 is 10.5 Å². The van der Waals surface area contributed by atoms with Gasteiger partial charge in [-0.1, -0.05) is 0 Å². The molecule has 0 aliphatic carbocycles. The lowest BCUT2D eigenvalue weighted by atomic mass is 10.1. The van der Waals surface area contributed by atoms with E-state index in [1.165, 1.54) is 5.56 Å². The van der Waals surface area contributed by atoms with E-state index in [0.717, 1.165) is 48.2 Å². The molecule has 0 amide bonds. The third kappa shape index (κ3) is 1.56. The molecule has 2 heterocycles. The molecular weight excluding hydrogens is 226 g/mol. The molecule has 2 N–H and O–H groups in total. The van der Waals surface area contributed by atoms with Gasteiger partial charge in [0.05, 0.1) is 6.61 Å². The Morgan fingerprint density at radius 2 is 2.28 bits per heavy atom. The molecule has 0 fully saturated rings. The zero-order valence-corrected chi connectivity index (χ0v) is 10.7. The summed E-state index contributed by atoms with van der Waals surface area (Å²) in [6.45, 7) is 5.68. The Morgan fingerprint density at radius 3 is 3.00 bits per heavy atom. The van der Waals surface area contributed by atoms with Crippen LogP contribution in [0.3, 0.4) is 0 Å². The largest absolute Gasteiger partial charge is 0.493 e. The highest BCUT2D eigenvalue weighted by atomic mass is 16.5. The number of rotatable bonds is 2. The third-order valence-electron chi connectivity index (χ3n) is 3.48. The van der Waals surface area contributed by atoms with Crippen molar-refractivity contribution in [2.75, 3.05) is 12.3 Å². The Bertz CT molecular complexity index is 601. The number of hydrogen-bond acceptors (Lipinski definition) is 3. The van der Waals surface area contributed by atoms with E-state index in [4.69, 9.17) is 10.5 Å². The lowest BCUT2D eigenvalue weighted by Gasteiger charge is -2.05. The highest BCUT2D eigenvalue weighted by molar-refractivity contribution is 5.72. The van der Waals surface area contributed by atoms with Gasteiger partial charge in [-0.05, 0) is 37.6 Å². The van der Waals surface area contributed by atoms with Crippen LogP contribution in [0.4, 0.5) is 5.82 Å². The van der Waals surface area contributed by atoms with E-state index in [1.54, 1.807) is 0 Å². The first-order chi connectivity index (χ1) is 8.70. The average molecular weight is 243 g/mol. The maximum atomic E-state index is 6.16. The Labute approximate surface area is 106 Å². The molecule has 0 radical (unpaired) electrons. The van der Waals surface area contributed by atoms with Crippen LogP contribution in [0.5, 0.6) is 5.75 Å². The molecule has 1 aromatic carbocycles. The summed E-state index contributed by atoms with van der Waals surface area (Å²) in [5.41, 5.74) is 9.36. The molecule has 3 rings (SSSR count). The van der Waals surface area contributed by atoms with Crippen molar-refractivity contribution in [3.05, 3.63) is 29.6 Å². The standard InChI is InChI=1S/C14H17N3O/c1-3-17-9(2)16-13(14(17)15)11-4-5-12-10(8-11)6-7-18-12/h4-5,8H,3,6-7,15H2,1-2H3. The fraction of sp³-hybridized carbons (Fsp3) is 0.357. The van der Waals surface area contributed by atoms with Gasteiger partial charge in [0.25, 0.3) is 0 Å². The van der Waals surface area contributed by atoms with Gasteiger partial charge in [-0.3, -0.25) is 0 Å². The van der Waals surface area contributed by atoms with Crippen molar-refractivity contribution in [2.45, 2.75) is 26.8 Å². The Balaban J connectivity index is 2.10. The SMILES string of the molecule is CCn1c(C)nc(-c2ccc3c(c2)CCO3)c1N. The zero-order chi connectivity index (χ0) is 12.7. The second kappa shape index (κ2) is 4.05. The molecule has 1 aliphatic heterocycles. The molecule has 4 nitrogen and oxygen atoms in total. The second-order valence-corrected chi connectivity index (χ2v) is 4.56. The van der Waals surface area contributed by atoms with Crippen LogP contribution >= 0.6 is 0 Å². The van der Waals surface area contributed by atoms with E-state index >= 15 is 0 Å². The number of nitrogen functional groups attached to an aromatic ring is 1. The van der Waals surface area contributed by atoms with Crippen molar-refractivity contribution in [3.8, 4) is 17.0 Å². The van der Waals surface area contributed by atoms with Gasteiger partial charge in [0.2, 0.25) is 0 Å². The van der Waals surface area contributed by atoms with Crippen molar-refractivity contribution >= 4 is 5.82 Å². The van der Waals surface area contributed by atoms with Crippen molar-refractivity contribution in [2.24, 2.45) is 0 Å². The highest BCUT2D eigenvalue weighted by Crippen LogP contribution is 2.32. The first-order valence-electron chi connectivity index (χ1n) is 6.29. The van der Waals surface area contributed by atoms with E-state index in [1.807, 2.05) is 23.6 Å². The summed E-state index contributed by atoms with van der Waals surface area (Å²) in [5.74, 6) is 2.69. The van der Waals surface area contributed by atoms with Crippen LogP contribution in [0.1, 0.15) is 18.3 Å². The van der Waals surface area contributed by atoms with Crippen LogP contribution in [0, 0.1) is 6.92 Å². The summed E-state index contributed by atoms with van der Waals surface area (Å²) in [7, 11) is 0. The second-order valence-electron chi connectivity index (χ2n) is 4.56. The fourth-order valence-electron chi connectivity index (χ4n) is 2.53. The van der Waals surface area contributed by atoms with Crippen molar-refractivity contribution in [3.63, 3.8) is 0 Å². The molecule has 0 bridgehead atoms. The van der Waals surface area contributed by atoms with Gasteiger partial charge in [-0.2, -0.15) is 0 Å². The molecular formula is C14H17N3O. The number of ether oxygens (including phenoxy) is 1. The van der Waals surface area contributed by atoms with E-state index in [2.05, 4.69) is 18.0 Å². The molecule has 1 aliphatic rings. The molecule has 1 aromatic heterocycles. The van der Waals surface area contributed by atoms with Crippen LogP contribution in [-0.4, -0.2) is 16.2 Å². The van der Waals surface area contributed by atoms with Crippen LogP contribution in [-0.2, 0) is 13.0 Å². The first-order valence-corrected chi connectivity index (χ1v) is 6.29. The van der Waals surface area contributed by atoms with Gasteiger partial charge in [-0.15, -0.1) is 0 Å². The average Bonchev–Trinajstić information content (AvgIpc) is 2.93. The number of hydrogen-bond donors (Lipinski definition) is 1. The van der Waals surface area contributed by atoms with Crippen LogP contribution in [0.25, 0.3) is 11.3 Å². The molecule has 18 heavy (non-hydrogen) atoms. The van der Waals surface area contributed by atoms with Gasteiger partial charge in [0.1, 0.15) is 23.1 Å². The molecule has 94 valence electrons. The quantitative estimate of drug-likeness (QED) is 0.881. The topological polar surface area (TPSA) is 53.1 Å². The number of benzene rings is 1. The molecule has 0 spiro atoms. The predicted molar refractivity (Wildman–Crippen MR) is 71.7 cm³/mol. The minimum absolute atomic E-state index is 0.744. The van der Waals surface area contributed by atoms with Crippen LogP contribution in [0.15, 0.2) is 18.2 Å². The number of anilines is 1. The highest BCUT2D eigenvalue weighted by Gasteiger charge is 2.17. The van der Waals surface area contributed by atoms with E-state index < -0.39 is 0 Å². The summed E-state index contributed by atoms with van der Waals surface area (Å²) in [4.78, 5) is 4.57. The predicted octanol–water partition coefficient (Wildman–Crippen LogP) is 2.40. The number of imidazole rings is 1. The maximum Gasteiger partial charge on any atom is 0.131 e. The lowest BCUT2D eigenvalue weighted by Crippen LogP contribution is -2.02. The Morgan fingerprint density at radius 1 is 1.44 bits per heavy atom. The van der Waals surface area contributed by atoms with Gasteiger partial charge >= 0.3 is 0 Å². The fourth-order valence-corrected chi connectivity index (χ4v) is 2.53.